The second-order valence-electron chi connectivity index (χ2n) is 7.81. The standard InChI is InChI=1S/C22H21F3N2O2/c23-22(24,25)17-7-6-16(11-26)20(8-17)21(28)9-18-13-29-14-19(10-21)27(18)12-15-4-2-1-3-5-15/h1-8,18-19,28H,9-10,12-14H2. The number of piperidine rings is 1. The molecule has 0 aromatic heterocycles. The highest BCUT2D eigenvalue weighted by molar-refractivity contribution is 5.45. The Kier molecular flexibility index (Phi) is 5.11. The van der Waals surface area contributed by atoms with Gasteiger partial charge in [0.15, 0.2) is 0 Å². The average molecular weight is 402 g/mol. The van der Waals surface area contributed by atoms with E-state index in [4.69, 9.17) is 4.74 Å². The Balaban J connectivity index is 1.66. The van der Waals surface area contributed by atoms with Crippen LogP contribution in [0.25, 0.3) is 0 Å². The molecule has 2 bridgehead atoms. The minimum absolute atomic E-state index is 0.0612. The lowest BCUT2D eigenvalue weighted by molar-refractivity contribution is -0.150. The zero-order valence-corrected chi connectivity index (χ0v) is 15.7. The van der Waals surface area contributed by atoms with Gasteiger partial charge in [0.25, 0.3) is 0 Å². The number of hydrogen-bond acceptors (Lipinski definition) is 4. The first kappa shape index (κ1) is 19.9. The highest BCUT2D eigenvalue weighted by Crippen LogP contribution is 2.44. The summed E-state index contributed by atoms with van der Waals surface area (Å²) in [6, 6.07) is 14.5. The summed E-state index contributed by atoms with van der Waals surface area (Å²) in [5, 5.41) is 20.9. The summed E-state index contributed by atoms with van der Waals surface area (Å²) < 4.78 is 45.4. The van der Waals surface area contributed by atoms with Gasteiger partial charge in [-0.05, 0) is 36.6 Å². The van der Waals surface area contributed by atoms with Crippen LogP contribution in [0.2, 0.25) is 0 Å². The summed E-state index contributed by atoms with van der Waals surface area (Å²) in [5.74, 6) is 0. The third kappa shape index (κ3) is 3.88. The monoisotopic (exact) mass is 402 g/mol. The van der Waals surface area contributed by atoms with Crippen molar-refractivity contribution in [1.29, 1.82) is 5.26 Å². The highest BCUT2D eigenvalue weighted by Gasteiger charge is 2.48. The van der Waals surface area contributed by atoms with Crippen molar-refractivity contribution in [3.05, 3.63) is 70.8 Å². The maximum atomic E-state index is 13.2. The molecule has 2 aliphatic heterocycles. The molecule has 2 saturated heterocycles. The maximum absolute atomic E-state index is 13.2. The van der Waals surface area contributed by atoms with Gasteiger partial charge in [-0.3, -0.25) is 4.90 Å². The van der Waals surface area contributed by atoms with Crippen molar-refractivity contribution in [2.75, 3.05) is 13.2 Å². The zero-order chi connectivity index (χ0) is 20.6. The lowest BCUT2D eigenvalue weighted by Crippen LogP contribution is -2.60. The molecule has 0 saturated carbocycles. The van der Waals surface area contributed by atoms with E-state index >= 15 is 0 Å². The molecule has 4 rings (SSSR count). The molecule has 152 valence electrons. The maximum Gasteiger partial charge on any atom is 0.416 e. The van der Waals surface area contributed by atoms with Crippen molar-refractivity contribution >= 4 is 0 Å². The van der Waals surface area contributed by atoms with Crippen molar-refractivity contribution in [1.82, 2.24) is 4.90 Å². The van der Waals surface area contributed by atoms with E-state index in [-0.39, 0.29) is 36.1 Å². The van der Waals surface area contributed by atoms with E-state index in [2.05, 4.69) is 4.90 Å². The summed E-state index contributed by atoms with van der Waals surface area (Å²) in [4.78, 5) is 2.26. The van der Waals surface area contributed by atoms with Crippen molar-refractivity contribution in [3.8, 4) is 6.07 Å². The van der Waals surface area contributed by atoms with Crippen LogP contribution in [0.3, 0.4) is 0 Å². The number of ether oxygens (including phenoxy) is 1. The molecule has 1 N–H and O–H groups in total. The molecule has 2 aromatic rings. The smallest absolute Gasteiger partial charge is 0.385 e. The second kappa shape index (κ2) is 7.45. The van der Waals surface area contributed by atoms with Crippen molar-refractivity contribution in [2.45, 2.75) is 43.2 Å². The molecule has 0 radical (unpaired) electrons. The average Bonchev–Trinajstić information content (AvgIpc) is 2.68. The Bertz CT molecular complexity index is 910. The number of halogens is 3. The quantitative estimate of drug-likeness (QED) is 0.848. The fraction of sp³-hybridized carbons (Fsp3) is 0.409. The molecule has 7 heteroatoms. The van der Waals surface area contributed by atoms with E-state index in [0.29, 0.717) is 19.8 Å². The number of nitriles is 1. The number of morpholine rings is 1. The normalized spacial score (nSPS) is 27.4. The molecular weight excluding hydrogens is 381 g/mol. The van der Waals surface area contributed by atoms with Gasteiger partial charge in [-0.15, -0.1) is 0 Å². The minimum Gasteiger partial charge on any atom is -0.385 e. The summed E-state index contributed by atoms with van der Waals surface area (Å²) in [6.45, 7) is 1.47. The first-order chi connectivity index (χ1) is 13.8. The van der Waals surface area contributed by atoms with E-state index in [0.717, 1.165) is 23.8 Å². The number of aliphatic hydroxyl groups is 1. The number of hydrogen-bond donors (Lipinski definition) is 1. The fourth-order valence-corrected chi connectivity index (χ4v) is 4.52. The van der Waals surface area contributed by atoms with Crippen molar-refractivity contribution < 1.29 is 23.0 Å². The van der Waals surface area contributed by atoms with Gasteiger partial charge in [-0.1, -0.05) is 30.3 Å². The Morgan fingerprint density at radius 2 is 1.76 bits per heavy atom. The Labute approximate surface area is 167 Å². The molecular formula is C22H21F3N2O2. The zero-order valence-electron chi connectivity index (χ0n) is 15.7. The number of benzene rings is 2. The lowest BCUT2D eigenvalue weighted by Gasteiger charge is -2.52. The SMILES string of the molecule is N#Cc1ccc(C(F)(F)F)cc1C1(O)CC2COCC(C1)N2Cc1ccccc1. The molecule has 29 heavy (non-hydrogen) atoms. The number of nitrogens with zero attached hydrogens (tertiary/aromatic N) is 2. The summed E-state index contributed by atoms with van der Waals surface area (Å²) >= 11 is 0. The summed E-state index contributed by atoms with van der Waals surface area (Å²) in [7, 11) is 0. The number of alkyl halides is 3. The van der Waals surface area contributed by atoms with E-state index in [9.17, 15) is 23.5 Å². The summed E-state index contributed by atoms with van der Waals surface area (Å²) in [6.07, 6.45) is -4.11. The van der Waals surface area contributed by atoms with Crippen LogP contribution in [-0.2, 0) is 23.1 Å². The van der Waals surface area contributed by atoms with E-state index < -0.39 is 17.3 Å². The van der Waals surface area contributed by atoms with Crippen LogP contribution in [0.15, 0.2) is 48.5 Å². The summed E-state index contributed by atoms with van der Waals surface area (Å²) in [5.41, 5.74) is -1.08. The third-order valence-electron chi connectivity index (χ3n) is 5.88. The van der Waals surface area contributed by atoms with Gasteiger partial charge in [0.2, 0.25) is 0 Å². The molecule has 2 aromatic carbocycles. The van der Waals surface area contributed by atoms with Crippen LogP contribution in [0.1, 0.15) is 35.1 Å². The fourth-order valence-electron chi connectivity index (χ4n) is 4.52. The highest BCUT2D eigenvalue weighted by atomic mass is 19.4. The predicted octanol–water partition coefficient (Wildman–Crippen LogP) is 3.83. The van der Waals surface area contributed by atoms with Crippen LogP contribution in [0.4, 0.5) is 13.2 Å². The van der Waals surface area contributed by atoms with E-state index in [1.807, 2.05) is 36.4 Å². The van der Waals surface area contributed by atoms with Gasteiger partial charge in [-0.25, -0.2) is 0 Å². The van der Waals surface area contributed by atoms with E-state index in [1.54, 1.807) is 0 Å². The van der Waals surface area contributed by atoms with Gasteiger partial charge >= 0.3 is 6.18 Å². The molecule has 2 fully saturated rings. The molecule has 0 spiro atoms. The van der Waals surface area contributed by atoms with Gasteiger partial charge < -0.3 is 9.84 Å². The van der Waals surface area contributed by atoms with Gasteiger partial charge in [0, 0.05) is 24.2 Å². The van der Waals surface area contributed by atoms with Crippen molar-refractivity contribution in [3.63, 3.8) is 0 Å². The van der Waals surface area contributed by atoms with Gasteiger partial charge in [0.1, 0.15) is 0 Å². The van der Waals surface area contributed by atoms with Crippen LogP contribution in [0.5, 0.6) is 0 Å². The molecule has 2 atom stereocenters. The topological polar surface area (TPSA) is 56.5 Å². The van der Waals surface area contributed by atoms with Crippen LogP contribution in [0, 0.1) is 11.3 Å². The lowest BCUT2D eigenvalue weighted by atomic mass is 9.75. The van der Waals surface area contributed by atoms with E-state index in [1.165, 1.54) is 0 Å². The first-order valence-electron chi connectivity index (χ1n) is 9.52. The Morgan fingerprint density at radius 3 is 2.34 bits per heavy atom. The number of fused-ring (bicyclic) bond motifs is 2. The Hall–Kier alpha value is -2.40. The van der Waals surface area contributed by atoms with Crippen LogP contribution in [-0.4, -0.2) is 35.3 Å². The second-order valence-corrected chi connectivity index (χ2v) is 7.81. The first-order valence-corrected chi connectivity index (χ1v) is 9.52. The van der Waals surface area contributed by atoms with Crippen molar-refractivity contribution in [2.24, 2.45) is 0 Å². The molecule has 4 nitrogen and oxygen atoms in total. The van der Waals surface area contributed by atoms with Gasteiger partial charge in [-0.2, -0.15) is 18.4 Å². The molecule has 0 amide bonds. The Morgan fingerprint density at radius 1 is 1.10 bits per heavy atom. The third-order valence-corrected chi connectivity index (χ3v) is 5.88. The molecule has 2 heterocycles. The number of rotatable bonds is 3. The van der Waals surface area contributed by atoms with Crippen LogP contribution < -0.4 is 0 Å². The minimum atomic E-state index is -4.54. The largest absolute Gasteiger partial charge is 0.416 e. The van der Waals surface area contributed by atoms with Crippen LogP contribution >= 0.6 is 0 Å². The predicted molar refractivity (Wildman–Crippen MR) is 99.7 cm³/mol. The molecule has 2 unspecified atom stereocenters. The van der Waals surface area contributed by atoms with Gasteiger partial charge in [0.05, 0.1) is 36.0 Å². The molecule has 0 aliphatic carbocycles. The molecule has 2 aliphatic rings.